The number of fused-ring (bicyclic) bond motifs is 1. The van der Waals surface area contributed by atoms with Crippen LogP contribution < -0.4 is 16.0 Å². The summed E-state index contributed by atoms with van der Waals surface area (Å²) in [7, 11) is 2.92. The van der Waals surface area contributed by atoms with Crippen molar-refractivity contribution in [2.45, 2.75) is 24.7 Å². The normalized spacial score (nSPS) is 12.1. The number of aliphatic hydroxyl groups is 1. The van der Waals surface area contributed by atoms with Gasteiger partial charge in [0.15, 0.2) is 22.1 Å². The zero-order chi connectivity index (χ0) is 25.1. The lowest BCUT2D eigenvalue weighted by molar-refractivity contribution is 0.0910. The number of benzene rings is 2. The van der Waals surface area contributed by atoms with E-state index in [-0.39, 0.29) is 35.9 Å². The number of Topliss-reactive ketones (excluding diaryl/α,β-unsaturated/α-hetero) is 1. The minimum absolute atomic E-state index is 0.00230. The molecular weight excluding hydrogens is 468 g/mol. The summed E-state index contributed by atoms with van der Waals surface area (Å²) in [6, 6.07) is 16.4. The largest absolute Gasteiger partial charge is 0.491 e. The minimum atomic E-state index is -0.974. The Bertz CT molecular complexity index is 1490. The maximum absolute atomic E-state index is 13.0. The van der Waals surface area contributed by atoms with Crippen molar-refractivity contribution in [1.29, 1.82) is 0 Å². The van der Waals surface area contributed by atoms with Gasteiger partial charge in [0, 0.05) is 19.7 Å². The first-order valence-electron chi connectivity index (χ1n) is 11.0. The fraction of sp³-hybridized carbons (Fsp3) is 0.280. The SMILES string of the molecule is Cc1ccccc1OC[C@H](O)Cn1c(SCC(=O)c2ccccc2)nc2c1c(=O)n(C)c(=O)n2C. The Morgan fingerprint density at radius 3 is 2.46 bits per heavy atom. The minimum Gasteiger partial charge on any atom is -0.491 e. The molecule has 0 saturated heterocycles. The molecule has 10 heteroatoms. The molecule has 1 N–H and O–H groups in total. The predicted molar refractivity (Wildman–Crippen MR) is 134 cm³/mol. The zero-order valence-corrected chi connectivity index (χ0v) is 20.5. The average Bonchev–Trinajstić information content (AvgIpc) is 3.22. The predicted octanol–water partition coefficient (Wildman–Crippen LogP) is 2.16. The van der Waals surface area contributed by atoms with Crippen LogP contribution in [0.3, 0.4) is 0 Å². The molecule has 0 spiro atoms. The summed E-state index contributed by atoms with van der Waals surface area (Å²) in [5.41, 5.74) is 0.847. The summed E-state index contributed by atoms with van der Waals surface area (Å²) in [4.78, 5) is 42.6. The number of aryl methyl sites for hydroxylation is 2. The van der Waals surface area contributed by atoms with Crippen LogP contribution in [0.15, 0.2) is 69.3 Å². The van der Waals surface area contributed by atoms with Crippen molar-refractivity contribution in [1.82, 2.24) is 18.7 Å². The molecule has 0 aliphatic rings. The summed E-state index contributed by atoms with van der Waals surface area (Å²) in [5.74, 6) is 0.639. The van der Waals surface area contributed by atoms with Crippen molar-refractivity contribution in [3.63, 3.8) is 0 Å². The standard InChI is InChI=1S/C25H26N4O5S/c1-16-9-7-8-12-20(16)34-14-18(30)13-29-21-22(27(2)25(33)28(3)23(21)32)26-24(29)35-15-19(31)17-10-5-4-6-11-17/h4-12,18,30H,13-15H2,1-3H3/t18-/m1/s1. The van der Waals surface area contributed by atoms with E-state index in [0.717, 1.165) is 21.9 Å². The fourth-order valence-corrected chi connectivity index (χ4v) is 4.61. The monoisotopic (exact) mass is 494 g/mol. The highest BCUT2D eigenvalue weighted by Gasteiger charge is 2.22. The van der Waals surface area contributed by atoms with Gasteiger partial charge in [-0.1, -0.05) is 60.3 Å². The molecule has 2 aromatic carbocycles. The van der Waals surface area contributed by atoms with Crippen LogP contribution in [0.2, 0.25) is 0 Å². The van der Waals surface area contributed by atoms with Crippen molar-refractivity contribution in [3.05, 3.63) is 86.6 Å². The molecule has 0 radical (unpaired) electrons. The van der Waals surface area contributed by atoms with Gasteiger partial charge in [0.1, 0.15) is 18.5 Å². The zero-order valence-electron chi connectivity index (χ0n) is 19.7. The van der Waals surface area contributed by atoms with E-state index in [4.69, 9.17) is 4.74 Å². The molecule has 182 valence electrons. The number of hydrogen-bond donors (Lipinski definition) is 1. The number of aromatic nitrogens is 4. The van der Waals surface area contributed by atoms with Crippen LogP contribution in [0.4, 0.5) is 0 Å². The summed E-state index contributed by atoms with van der Waals surface area (Å²) in [6.45, 7) is 1.90. The lowest BCUT2D eigenvalue weighted by Crippen LogP contribution is -2.38. The number of hydrogen-bond acceptors (Lipinski definition) is 7. The summed E-state index contributed by atoms with van der Waals surface area (Å²) >= 11 is 1.15. The van der Waals surface area contributed by atoms with Crippen LogP contribution in [-0.4, -0.2) is 48.0 Å². The number of para-hydroxylation sites is 1. The quantitative estimate of drug-likeness (QED) is 0.281. The highest BCUT2D eigenvalue weighted by Crippen LogP contribution is 2.24. The van der Waals surface area contributed by atoms with E-state index in [2.05, 4.69) is 4.98 Å². The molecule has 0 aliphatic heterocycles. The maximum Gasteiger partial charge on any atom is 0.332 e. The molecule has 0 amide bonds. The molecule has 0 fully saturated rings. The van der Waals surface area contributed by atoms with Gasteiger partial charge in [0.2, 0.25) is 0 Å². The smallest absolute Gasteiger partial charge is 0.332 e. The number of carbonyl (C=O) groups is 1. The molecule has 2 heterocycles. The lowest BCUT2D eigenvalue weighted by atomic mass is 10.2. The Morgan fingerprint density at radius 1 is 1.06 bits per heavy atom. The Balaban J connectivity index is 1.65. The third-order valence-electron chi connectivity index (χ3n) is 5.66. The number of imidazole rings is 1. The van der Waals surface area contributed by atoms with Crippen LogP contribution >= 0.6 is 11.8 Å². The average molecular weight is 495 g/mol. The molecule has 35 heavy (non-hydrogen) atoms. The van der Waals surface area contributed by atoms with Gasteiger partial charge in [-0.25, -0.2) is 9.78 Å². The molecule has 1 atom stereocenters. The van der Waals surface area contributed by atoms with Gasteiger partial charge in [-0.15, -0.1) is 0 Å². The molecule has 0 aliphatic carbocycles. The third kappa shape index (κ3) is 5.08. The molecule has 0 saturated carbocycles. The van der Waals surface area contributed by atoms with Crippen molar-refractivity contribution in [2.75, 3.05) is 12.4 Å². The van der Waals surface area contributed by atoms with Gasteiger partial charge < -0.3 is 14.4 Å². The molecule has 0 unspecified atom stereocenters. The van der Waals surface area contributed by atoms with Crippen LogP contribution in [0.25, 0.3) is 11.2 Å². The van der Waals surface area contributed by atoms with Crippen molar-refractivity contribution < 1.29 is 14.6 Å². The van der Waals surface area contributed by atoms with Gasteiger partial charge >= 0.3 is 5.69 Å². The number of rotatable bonds is 9. The number of aliphatic hydroxyl groups excluding tert-OH is 1. The van der Waals surface area contributed by atoms with E-state index >= 15 is 0 Å². The molecule has 2 aromatic heterocycles. The summed E-state index contributed by atoms with van der Waals surface area (Å²) < 4.78 is 9.61. The van der Waals surface area contributed by atoms with E-state index in [9.17, 15) is 19.5 Å². The van der Waals surface area contributed by atoms with Crippen LogP contribution in [0.5, 0.6) is 5.75 Å². The lowest BCUT2D eigenvalue weighted by Gasteiger charge is -2.16. The van der Waals surface area contributed by atoms with Gasteiger partial charge in [-0.05, 0) is 18.6 Å². The van der Waals surface area contributed by atoms with E-state index in [0.29, 0.717) is 16.5 Å². The van der Waals surface area contributed by atoms with Crippen LogP contribution in [0, 0.1) is 6.92 Å². The van der Waals surface area contributed by atoms with Gasteiger partial charge in [-0.2, -0.15) is 0 Å². The molecule has 0 bridgehead atoms. The Morgan fingerprint density at radius 2 is 1.74 bits per heavy atom. The molecule has 4 rings (SSSR count). The highest BCUT2D eigenvalue weighted by molar-refractivity contribution is 7.99. The van der Waals surface area contributed by atoms with Crippen molar-refractivity contribution in [2.24, 2.45) is 14.1 Å². The number of nitrogens with zero attached hydrogens (tertiary/aromatic N) is 4. The number of ether oxygens (including phenoxy) is 1. The summed E-state index contributed by atoms with van der Waals surface area (Å²) in [6.07, 6.45) is -0.974. The van der Waals surface area contributed by atoms with Crippen molar-refractivity contribution in [3.8, 4) is 5.75 Å². The topological polar surface area (TPSA) is 108 Å². The molecular formula is C25H26N4O5S. The Kier molecular flexibility index (Phi) is 7.23. The highest BCUT2D eigenvalue weighted by atomic mass is 32.2. The van der Waals surface area contributed by atoms with E-state index < -0.39 is 17.4 Å². The number of thioether (sulfide) groups is 1. The molecule has 9 nitrogen and oxygen atoms in total. The first kappa shape index (κ1) is 24.5. The van der Waals surface area contributed by atoms with E-state index in [1.165, 1.54) is 18.7 Å². The van der Waals surface area contributed by atoms with E-state index in [1.807, 2.05) is 37.3 Å². The van der Waals surface area contributed by atoms with Crippen molar-refractivity contribution >= 4 is 28.7 Å². The number of ketones is 1. The number of carbonyl (C=O) groups excluding carboxylic acids is 1. The fourth-order valence-electron chi connectivity index (χ4n) is 3.71. The first-order chi connectivity index (χ1) is 16.8. The van der Waals surface area contributed by atoms with Crippen LogP contribution in [0.1, 0.15) is 15.9 Å². The van der Waals surface area contributed by atoms with E-state index in [1.54, 1.807) is 28.8 Å². The van der Waals surface area contributed by atoms with Crippen LogP contribution in [-0.2, 0) is 20.6 Å². The Hall–Kier alpha value is -3.63. The first-order valence-corrected chi connectivity index (χ1v) is 12.0. The van der Waals surface area contributed by atoms with Gasteiger partial charge in [-0.3, -0.25) is 18.7 Å². The third-order valence-corrected chi connectivity index (χ3v) is 6.64. The second kappa shape index (κ2) is 10.3. The van der Waals surface area contributed by atoms with Gasteiger partial charge in [0.05, 0.1) is 12.3 Å². The maximum atomic E-state index is 13.0. The second-order valence-corrected chi connectivity index (χ2v) is 9.13. The summed E-state index contributed by atoms with van der Waals surface area (Å²) in [5, 5.41) is 11.1. The Labute approximate surface area is 205 Å². The molecule has 4 aromatic rings. The second-order valence-electron chi connectivity index (χ2n) is 8.19. The van der Waals surface area contributed by atoms with Gasteiger partial charge in [0.25, 0.3) is 5.56 Å².